The molecule has 0 spiro atoms. The monoisotopic (exact) mass is 810 g/mol. The summed E-state index contributed by atoms with van der Waals surface area (Å²) in [5.74, 6) is 0.716. The second-order valence-corrected chi connectivity index (χ2v) is 20.2. The van der Waals surface area contributed by atoms with Gasteiger partial charge in [0.25, 0.3) is 0 Å². The van der Waals surface area contributed by atoms with Gasteiger partial charge in [-0.05, 0) is 0 Å². The van der Waals surface area contributed by atoms with Crippen molar-refractivity contribution in [3.63, 3.8) is 0 Å². The molecule has 4 radical (unpaired) electrons. The Morgan fingerprint density at radius 1 is 0.436 bits per heavy atom. The maximum atomic E-state index is 6.35. The molecule has 0 saturated carbocycles. The van der Waals surface area contributed by atoms with Crippen LogP contribution in [0.2, 0.25) is 29.0 Å². The van der Waals surface area contributed by atoms with Crippen LogP contribution in [0.15, 0.2) is 97.1 Å². The van der Waals surface area contributed by atoms with Gasteiger partial charge in [-0.1, -0.05) is 0 Å². The van der Waals surface area contributed by atoms with E-state index in [1.54, 1.807) is 0 Å². The Morgan fingerprint density at radius 3 is 0.949 bits per heavy atom. The van der Waals surface area contributed by atoms with E-state index in [4.69, 9.17) is 47.8 Å². The minimum absolute atomic E-state index is 0.358. The molecule has 0 aliphatic carbocycles. The van der Waals surface area contributed by atoms with Crippen molar-refractivity contribution in [1.82, 2.24) is 0 Å². The predicted octanol–water partition coefficient (Wildman–Crippen LogP) is 10.9. The molecule has 0 heterocycles. The SMILES string of the molecule is Clc1ccc(C(CC[CH2][Sn][O][Sn][CH2]CCC(c2ccc(Cl)cc2)c2ccc(Cl)cc2)c2ccc(Cl)cc2)cc1. The van der Waals surface area contributed by atoms with Crippen LogP contribution in [-0.2, 0) is 1.41 Å². The van der Waals surface area contributed by atoms with Gasteiger partial charge >= 0.3 is 277 Å². The fourth-order valence-corrected chi connectivity index (χ4v) is 14.0. The molecule has 0 amide bonds. The van der Waals surface area contributed by atoms with Crippen molar-refractivity contribution in [3.8, 4) is 0 Å². The quantitative estimate of drug-likeness (QED) is 0.0911. The summed E-state index contributed by atoms with van der Waals surface area (Å²) in [6.07, 6.45) is 4.61. The van der Waals surface area contributed by atoms with Crippen LogP contribution in [0.25, 0.3) is 0 Å². The first-order valence-corrected chi connectivity index (χ1v) is 21.0. The standard InChI is InChI=1S/2C16H15Cl2.O.2Sn/c2*1-2-3-16(12-4-8-14(17)9-5-12)13-6-10-15(18)11-7-13;;;/h2*4-11,16H,1-3H2;;;. The van der Waals surface area contributed by atoms with Gasteiger partial charge < -0.3 is 0 Å². The van der Waals surface area contributed by atoms with E-state index in [1.807, 2.05) is 48.5 Å². The van der Waals surface area contributed by atoms with Crippen LogP contribution in [0, 0.1) is 0 Å². The summed E-state index contributed by atoms with van der Waals surface area (Å²) in [6, 6.07) is 33.0. The fraction of sp³-hybridized carbons (Fsp3) is 0.250. The molecule has 4 rings (SSSR count). The molecular formula is C32H30Cl4OSn2. The minimum atomic E-state index is -0.753. The fourth-order valence-electron chi connectivity index (χ4n) is 4.74. The summed E-state index contributed by atoms with van der Waals surface area (Å²) in [5.41, 5.74) is 5.22. The van der Waals surface area contributed by atoms with Crippen molar-refractivity contribution in [2.75, 3.05) is 0 Å². The van der Waals surface area contributed by atoms with Crippen LogP contribution in [-0.4, -0.2) is 43.1 Å². The van der Waals surface area contributed by atoms with Gasteiger partial charge in [0.05, 0.1) is 0 Å². The summed E-state index contributed by atoms with van der Waals surface area (Å²) in [6.45, 7) is 0. The molecule has 1 nitrogen and oxygen atoms in total. The molecule has 0 aromatic heterocycles. The zero-order valence-corrected chi connectivity index (χ0v) is 30.3. The molecule has 0 fully saturated rings. The Labute approximate surface area is 274 Å². The number of benzene rings is 4. The molecule has 4 aromatic rings. The van der Waals surface area contributed by atoms with Crippen LogP contribution in [0.4, 0.5) is 0 Å². The summed E-state index contributed by atoms with van der Waals surface area (Å²) in [5, 5.41) is 3.09. The molecule has 0 aliphatic heterocycles. The van der Waals surface area contributed by atoms with Crippen molar-refractivity contribution in [2.24, 2.45) is 0 Å². The summed E-state index contributed by atoms with van der Waals surface area (Å²) >= 11 is 23.1. The normalized spacial score (nSPS) is 11.4. The third-order valence-electron chi connectivity index (χ3n) is 6.78. The molecule has 0 unspecified atom stereocenters. The summed E-state index contributed by atoms with van der Waals surface area (Å²) < 4.78 is 8.85. The number of rotatable bonds is 14. The van der Waals surface area contributed by atoms with Crippen LogP contribution in [0.3, 0.4) is 0 Å². The van der Waals surface area contributed by atoms with Crippen molar-refractivity contribution >= 4 is 89.5 Å². The molecular weight excluding hydrogens is 780 g/mol. The molecule has 200 valence electrons. The van der Waals surface area contributed by atoms with Crippen LogP contribution in [0.1, 0.15) is 59.8 Å². The number of halogens is 4. The second kappa shape index (κ2) is 16.9. The second-order valence-electron chi connectivity index (χ2n) is 9.49. The zero-order chi connectivity index (χ0) is 27.5. The Morgan fingerprint density at radius 2 is 0.692 bits per heavy atom. The predicted molar refractivity (Wildman–Crippen MR) is 170 cm³/mol. The Hall–Kier alpha value is -0.403. The van der Waals surface area contributed by atoms with Crippen LogP contribution in [0.5, 0.6) is 0 Å². The molecule has 0 N–H and O–H groups in total. The van der Waals surface area contributed by atoms with Crippen LogP contribution < -0.4 is 0 Å². The maximum absolute atomic E-state index is 6.35. The molecule has 7 heteroatoms. The van der Waals surface area contributed by atoms with Gasteiger partial charge in [-0.3, -0.25) is 0 Å². The molecule has 39 heavy (non-hydrogen) atoms. The van der Waals surface area contributed by atoms with Crippen LogP contribution >= 0.6 is 46.4 Å². The van der Waals surface area contributed by atoms with Gasteiger partial charge in [-0.25, -0.2) is 0 Å². The third kappa shape index (κ3) is 10.4. The van der Waals surface area contributed by atoms with Gasteiger partial charge in [-0.15, -0.1) is 0 Å². The summed E-state index contributed by atoms with van der Waals surface area (Å²) in [4.78, 5) is 0. The first-order valence-electron chi connectivity index (χ1n) is 13.1. The Kier molecular flexibility index (Phi) is 13.7. The average Bonchev–Trinajstić information content (AvgIpc) is 2.95. The Bertz CT molecular complexity index is 1070. The number of hydrogen-bond acceptors (Lipinski definition) is 1. The van der Waals surface area contributed by atoms with Crippen molar-refractivity contribution in [3.05, 3.63) is 139 Å². The van der Waals surface area contributed by atoms with Crippen molar-refractivity contribution < 1.29 is 1.41 Å². The molecule has 0 bridgehead atoms. The van der Waals surface area contributed by atoms with E-state index < -0.39 is 43.1 Å². The van der Waals surface area contributed by atoms with Gasteiger partial charge in [-0.2, -0.15) is 0 Å². The van der Waals surface area contributed by atoms with E-state index in [-0.39, 0.29) is 0 Å². The molecule has 4 aromatic carbocycles. The number of hydrogen-bond donors (Lipinski definition) is 0. The van der Waals surface area contributed by atoms with Gasteiger partial charge in [0.2, 0.25) is 0 Å². The van der Waals surface area contributed by atoms with E-state index in [9.17, 15) is 0 Å². The first kappa shape index (κ1) is 31.5. The molecule has 0 atom stereocenters. The first-order chi connectivity index (χ1) is 19.0. The van der Waals surface area contributed by atoms with E-state index in [2.05, 4.69) is 48.5 Å². The Balaban J connectivity index is 1.21. The van der Waals surface area contributed by atoms with E-state index in [0.717, 1.165) is 32.9 Å². The zero-order valence-electron chi connectivity index (χ0n) is 21.6. The van der Waals surface area contributed by atoms with Gasteiger partial charge in [0.15, 0.2) is 0 Å². The van der Waals surface area contributed by atoms with Gasteiger partial charge in [0.1, 0.15) is 0 Å². The molecule has 0 aliphatic rings. The third-order valence-corrected chi connectivity index (χ3v) is 17.3. The van der Waals surface area contributed by atoms with Gasteiger partial charge in [0, 0.05) is 0 Å². The average molecular weight is 810 g/mol. The molecule has 0 saturated heterocycles. The van der Waals surface area contributed by atoms with E-state index in [1.165, 1.54) is 44.0 Å². The van der Waals surface area contributed by atoms with E-state index in [0.29, 0.717) is 11.8 Å². The van der Waals surface area contributed by atoms with E-state index >= 15 is 0 Å². The summed E-state index contributed by atoms with van der Waals surface area (Å²) in [7, 11) is 0. The van der Waals surface area contributed by atoms with Crippen molar-refractivity contribution in [1.29, 1.82) is 0 Å². The topological polar surface area (TPSA) is 9.23 Å². The van der Waals surface area contributed by atoms with Crippen molar-refractivity contribution in [2.45, 2.75) is 46.4 Å².